The number of rotatable bonds is 29. The van der Waals surface area contributed by atoms with E-state index in [2.05, 4.69) is 62.5 Å². The first-order valence-electron chi connectivity index (χ1n) is 16.1. The average molecular weight is 628 g/mol. The molecule has 9 nitrogen and oxygen atoms in total. The summed E-state index contributed by atoms with van der Waals surface area (Å²) >= 11 is 0. The highest BCUT2D eigenvalue weighted by molar-refractivity contribution is 7.47. The quantitative estimate of drug-likeness (QED) is 0.0366. The van der Waals surface area contributed by atoms with Crippen molar-refractivity contribution in [1.29, 1.82) is 0 Å². The number of allylic oxidation sites excluding steroid dienone is 8. The van der Waals surface area contributed by atoms with E-state index in [0.717, 1.165) is 57.8 Å². The Morgan fingerprint density at radius 3 is 1.91 bits per heavy atom. The monoisotopic (exact) mass is 627 g/mol. The summed E-state index contributed by atoms with van der Waals surface area (Å²) in [5.41, 5.74) is 5.30. The molecule has 0 saturated carbocycles. The molecule has 0 amide bonds. The number of ether oxygens (including phenoxy) is 2. The molecule has 10 heteroatoms. The van der Waals surface area contributed by atoms with Crippen LogP contribution in [-0.2, 0) is 32.7 Å². The molecule has 3 N–H and O–H groups in total. The highest BCUT2D eigenvalue weighted by atomic mass is 31.2. The zero-order chi connectivity index (χ0) is 31.9. The van der Waals surface area contributed by atoms with Crippen molar-refractivity contribution in [2.24, 2.45) is 5.73 Å². The van der Waals surface area contributed by atoms with E-state index in [-0.39, 0.29) is 32.6 Å². The second-order valence-corrected chi connectivity index (χ2v) is 11.8. The van der Waals surface area contributed by atoms with Gasteiger partial charge in [0.1, 0.15) is 6.61 Å². The fourth-order valence-corrected chi connectivity index (χ4v) is 4.62. The molecule has 0 spiro atoms. The van der Waals surface area contributed by atoms with Crippen molar-refractivity contribution in [3.8, 4) is 0 Å². The number of hydrogen-bond acceptors (Lipinski definition) is 8. The van der Waals surface area contributed by atoms with Gasteiger partial charge in [-0.1, -0.05) is 101 Å². The average Bonchev–Trinajstić information content (AvgIpc) is 2.99. The van der Waals surface area contributed by atoms with Crippen LogP contribution in [0.4, 0.5) is 0 Å². The summed E-state index contributed by atoms with van der Waals surface area (Å²) in [4.78, 5) is 34.4. The zero-order valence-corrected chi connectivity index (χ0v) is 27.6. The first-order chi connectivity index (χ1) is 20.8. The summed E-state index contributed by atoms with van der Waals surface area (Å²) in [6, 6.07) is 0. The van der Waals surface area contributed by atoms with Crippen LogP contribution < -0.4 is 5.73 Å². The van der Waals surface area contributed by atoms with Gasteiger partial charge >= 0.3 is 19.8 Å². The Bertz CT molecular complexity index is 856. The third-order valence-electron chi connectivity index (χ3n) is 6.23. The lowest BCUT2D eigenvalue weighted by Crippen LogP contribution is -2.29. The first-order valence-corrected chi connectivity index (χ1v) is 17.6. The molecule has 0 aliphatic heterocycles. The minimum absolute atomic E-state index is 0.0463. The topological polar surface area (TPSA) is 134 Å². The Balaban J connectivity index is 4.34. The maximum Gasteiger partial charge on any atom is 0.472 e. The predicted octanol–water partition coefficient (Wildman–Crippen LogP) is 8.04. The normalized spacial score (nSPS) is 14.2. The minimum atomic E-state index is -4.37. The molecule has 0 rings (SSSR count). The van der Waals surface area contributed by atoms with Gasteiger partial charge in [0.15, 0.2) is 6.10 Å². The highest BCUT2D eigenvalue weighted by Gasteiger charge is 2.25. The largest absolute Gasteiger partial charge is 0.472 e. The van der Waals surface area contributed by atoms with Crippen molar-refractivity contribution in [2.75, 3.05) is 26.4 Å². The van der Waals surface area contributed by atoms with Gasteiger partial charge in [0.05, 0.1) is 13.2 Å². The van der Waals surface area contributed by atoms with Crippen molar-refractivity contribution in [2.45, 2.75) is 123 Å². The Morgan fingerprint density at radius 2 is 1.28 bits per heavy atom. The Hall–Kier alpha value is -2.03. The standard InChI is InChI=1S/C33H58NO8P/c1-3-5-7-9-11-12-13-14-15-16-17-18-20-21-23-25-32(35)39-29-31(30-41-43(37,38)40-28-27-34)42-33(36)26-24-22-19-10-8-6-4-2/h5,7,11-12,14-15,17-18,31H,3-4,6,8-10,13,16,19-30,34H2,1-2H3,(H,37,38)/b7-5+,12-11+,15-14+,18-17+/t31-/m0/s1. The number of phosphoric ester groups is 1. The fourth-order valence-electron chi connectivity index (χ4n) is 3.86. The lowest BCUT2D eigenvalue weighted by molar-refractivity contribution is -0.161. The van der Waals surface area contributed by atoms with Crippen LogP contribution in [0.1, 0.15) is 117 Å². The number of nitrogens with two attached hydrogens (primary N) is 1. The summed E-state index contributed by atoms with van der Waals surface area (Å²) in [7, 11) is -4.37. The molecule has 0 aromatic rings. The van der Waals surface area contributed by atoms with Gasteiger partial charge in [-0.3, -0.25) is 18.6 Å². The molecular weight excluding hydrogens is 569 g/mol. The summed E-state index contributed by atoms with van der Waals surface area (Å²) in [5, 5.41) is 0. The van der Waals surface area contributed by atoms with E-state index in [4.69, 9.17) is 24.3 Å². The number of esters is 2. The van der Waals surface area contributed by atoms with Gasteiger partial charge in [-0.25, -0.2) is 4.57 Å². The maximum atomic E-state index is 12.3. The van der Waals surface area contributed by atoms with Crippen LogP contribution >= 0.6 is 7.82 Å². The molecule has 0 aliphatic carbocycles. The lowest BCUT2D eigenvalue weighted by atomic mass is 10.1. The van der Waals surface area contributed by atoms with Crippen LogP contribution in [0.2, 0.25) is 0 Å². The number of unbranched alkanes of at least 4 members (excludes halogenated alkanes) is 8. The van der Waals surface area contributed by atoms with E-state index >= 15 is 0 Å². The van der Waals surface area contributed by atoms with Crippen LogP contribution in [0.25, 0.3) is 0 Å². The first kappa shape index (κ1) is 41.0. The number of hydrogen-bond donors (Lipinski definition) is 2. The summed E-state index contributed by atoms with van der Waals surface area (Å²) < 4.78 is 32.3. The second-order valence-electron chi connectivity index (χ2n) is 10.3. The van der Waals surface area contributed by atoms with Gasteiger partial charge in [-0.05, 0) is 51.4 Å². The number of carbonyl (C=O) groups is 2. The molecule has 1 unspecified atom stereocenters. The van der Waals surface area contributed by atoms with E-state index < -0.39 is 32.5 Å². The molecule has 0 fully saturated rings. The summed E-state index contributed by atoms with van der Waals surface area (Å²) in [5.74, 6) is -0.892. The number of phosphoric acid groups is 1. The van der Waals surface area contributed by atoms with Crippen molar-refractivity contribution in [3.05, 3.63) is 48.6 Å². The molecule has 0 aromatic heterocycles. The summed E-state index contributed by atoms with van der Waals surface area (Å²) in [6.45, 7) is 3.47. The van der Waals surface area contributed by atoms with E-state index in [9.17, 15) is 19.0 Å². The third-order valence-corrected chi connectivity index (χ3v) is 7.21. The van der Waals surface area contributed by atoms with Crippen LogP contribution in [0.5, 0.6) is 0 Å². The molecule has 0 saturated heterocycles. The molecule has 0 aliphatic rings. The van der Waals surface area contributed by atoms with Crippen molar-refractivity contribution >= 4 is 19.8 Å². The van der Waals surface area contributed by atoms with Crippen molar-refractivity contribution in [3.63, 3.8) is 0 Å². The Labute approximate surface area is 260 Å². The van der Waals surface area contributed by atoms with Crippen LogP contribution in [0.15, 0.2) is 48.6 Å². The van der Waals surface area contributed by atoms with E-state index in [1.807, 2.05) is 0 Å². The Kier molecular flexibility index (Phi) is 28.6. The second kappa shape index (κ2) is 30.0. The van der Waals surface area contributed by atoms with Crippen molar-refractivity contribution in [1.82, 2.24) is 0 Å². The van der Waals surface area contributed by atoms with E-state index in [1.165, 1.54) is 19.3 Å². The summed E-state index contributed by atoms with van der Waals surface area (Å²) in [6.07, 6.45) is 30.3. The van der Waals surface area contributed by atoms with Gasteiger partial charge in [-0.2, -0.15) is 0 Å². The van der Waals surface area contributed by atoms with Gasteiger partial charge in [0.2, 0.25) is 0 Å². The minimum Gasteiger partial charge on any atom is -0.462 e. The highest BCUT2D eigenvalue weighted by Crippen LogP contribution is 2.43. The molecule has 0 bridgehead atoms. The molecule has 0 heterocycles. The van der Waals surface area contributed by atoms with Gasteiger partial charge in [-0.15, -0.1) is 0 Å². The fraction of sp³-hybridized carbons (Fsp3) is 0.697. The number of carbonyl (C=O) groups excluding carboxylic acids is 2. The smallest absolute Gasteiger partial charge is 0.462 e. The SMILES string of the molecule is CC/C=C/C/C=C/C/C=C/C/C=C/CCCCC(=O)OC[C@@H](COP(=O)(O)OCCN)OC(=O)CCCCCCCCC. The molecule has 0 aromatic carbocycles. The van der Waals surface area contributed by atoms with Gasteiger partial charge in [0.25, 0.3) is 0 Å². The Morgan fingerprint density at radius 1 is 0.721 bits per heavy atom. The van der Waals surface area contributed by atoms with Gasteiger partial charge < -0.3 is 20.1 Å². The van der Waals surface area contributed by atoms with Crippen LogP contribution in [0.3, 0.4) is 0 Å². The molecule has 43 heavy (non-hydrogen) atoms. The zero-order valence-electron chi connectivity index (χ0n) is 26.7. The van der Waals surface area contributed by atoms with E-state index in [0.29, 0.717) is 12.8 Å². The molecule has 0 radical (unpaired) electrons. The van der Waals surface area contributed by atoms with Crippen LogP contribution in [-0.4, -0.2) is 49.3 Å². The molecular formula is C33H58NO8P. The maximum absolute atomic E-state index is 12.3. The lowest BCUT2D eigenvalue weighted by Gasteiger charge is -2.19. The van der Waals surface area contributed by atoms with Crippen LogP contribution in [0, 0.1) is 0 Å². The van der Waals surface area contributed by atoms with E-state index in [1.54, 1.807) is 0 Å². The van der Waals surface area contributed by atoms with Gasteiger partial charge in [0, 0.05) is 19.4 Å². The van der Waals surface area contributed by atoms with Crippen molar-refractivity contribution < 1.29 is 37.6 Å². The third kappa shape index (κ3) is 29.8. The predicted molar refractivity (Wildman–Crippen MR) is 173 cm³/mol. The molecule has 2 atom stereocenters. The molecule has 248 valence electrons.